The fraction of sp³-hybridized carbons (Fsp3) is 0.273. The number of ketones is 2. The summed E-state index contributed by atoms with van der Waals surface area (Å²) in [4.78, 5) is 19.4. The van der Waals surface area contributed by atoms with E-state index in [1.165, 1.54) is 12.1 Å². The summed E-state index contributed by atoms with van der Waals surface area (Å²) in [6, 6.07) is 4.72. The molecule has 12 heteroatoms. The first kappa shape index (κ1) is 21.0. The van der Waals surface area contributed by atoms with Crippen LogP contribution in [0.1, 0.15) is 0 Å². The lowest BCUT2D eigenvalue weighted by Crippen LogP contribution is -2.39. The maximum atomic E-state index is 12.3. The molecule has 1 rings (SSSR count). The molecule has 23 heavy (non-hydrogen) atoms. The van der Waals surface area contributed by atoms with Crippen molar-refractivity contribution < 1.29 is 48.7 Å². The van der Waals surface area contributed by atoms with Gasteiger partial charge in [-0.3, -0.25) is 9.59 Å². The molecule has 130 valence electrons. The number of carbonyl (C=O) groups is 2. The minimum Gasteiger partial charge on any atom is -0.280 e. The molecule has 0 unspecified atom stereocenters. The average molecular weight is 368 g/mol. The van der Waals surface area contributed by atoms with E-state index >= 15 is 0 Å². The number of hydrogen-bond donors (Lipinski definition) is 0. The summed E-state index contributed by atoms with van der Waals surface area (Å²) in [6.45, 7) is 0. The van der Waals surface area contributed by atoms with Crippen molar-refractivity contribution in [2.24, 2.45) is 0 Å². The van der Waals surface area contributed by atoms with Crippen molar-refractivity contribution in [1.82, 2.24) is 0 Å². The van der Waals surface area contributed by atoms with E-state index in [4.69, 9.17) is 0 Å². The predicted octanol–water partition coefficient (Wildman–Crippen LogP) is 2.48. The van der Waals surface area contributed by atoms with Crippen LogP contribution < -0.4 is 0 Å². The third-order valence-electron chi connectivity index (χ3n) is 1.96. The highest BCUT2D eigenvalue weighted by Crippen LogP contribution is 2.23. The fourth-order valence-electron chi connectivity index (χ4n) is 0.939. The Morgan fingerprint density at radius 3 is 1.35 bits per heavy atom. The van der Waals surface area contributed by atoms with Gasteiger partial charge in [-0.2, -0.15) is 26.3 Å². The van der Waals surface area contributed by atoms with E-state index in [1.54, 1.807) is 0 Å². The molecule has 0 heterocycles. The van der Waals surface area contributed by atoms with Crippen molar-refractivity contribution in [3.63, 3.8) is 0 Å². The highest BCUT2D eigenvalue weighted by molar-refractivity contribution is 7.90. The standard InChI is InChI=1S/C7H7FO2S.C4F6O2/c1-11(9,10)7-4-2-6(8)3-5-7;5-3(6,7)1(11)2(12)4(8,9)10/h2-5H,1H3;. The first-order chi connectivity index (χ1) is 10.1. The van der Waals surface area contributed by atoms with Crippen molar-refractivity contribution in [1.29, 1.82) is 0 Å². The van der Waals surface area contributed by atoms with Gasteiger partial charge in [0.1, 0.15) is 5.82 Å². The fourth-order valence-corrected chi connectivity index (χ4v) is 1.57. The minimum atomic E-state index is -5.77. The molecule has 0 spiro atoms. The third-order valence-corrected chi connectivity index (χ3v) is 3.09. The largest absolute Gasteiger partial charge is 0.458 e. The summed E-state index contributed by atoms with van der Waals surface area (Å²) in [5, 5.41) is 0. The lowest BCUT2D eigenvalue weighted by molar-refractivity contribution is -0.193. The first-order valence-corrected chi connectivity index (χ1v) is 7.14. The lowest BCUT2D eigenvalue weighted by atomic mass is 10.2. The lowest BCUT2D eigenvalue weighted by Gasteiger charge is -2.05. The number of Topliss-reactive ketones (excluding diaryl/α,β-unsaturated/α-hetero) is 2. The predicted molar refractivity (Wildman–Crippen MR) is 61.6 cm³/mol. The van der Waals surface area contributed by atoms with E-state index in [1.807, 2.05) is 0 Å². The molecule has 0 atom stereocenters. The Balaban J connectivity index is 0.000000422. The maximum Gasteiger partial charge on any atom is 0.458 e. The summed E-state index contributed by atoms with van der Waals surface area (Å²) in [5.41, 5.74) is 0. The van der Waals surface area contributed by atoms with Gasteiger partial charge in [0, 0.05) is 6.26 Å². The highest BCUT2D eigenvalue weighted by Gasteiger charge is 2.54. The number of carbonyl (C=O) groups excluding carboxylic acids is 2. The summed E-state index contributed by atoms with van der Waals surface area (Å²) < 4.78 is 101. The molecule has 0 aromatic heterocycles. The third kappa shape index (κ3) is 7.21. The Labute approximate surface area is 124 Å². The highest BCUT2D eigenvalue weighted by atomic mass is 32.2. The zero-order valence-electron chi connectivity index (χ0n) is 11.0. The second-order valence-electron chi connectivity index (χ2n) is 3.88. The van der Waals surface area contributed by atoms with Gasteiger partial charge in [-0.05, 0) is 24.3 Å². The van der Waals surface area contributed by atoms with E-state index in [2.05, 4.69) is 0 Å². The average Bonchev–Trinajstić information content (AvgIpc) is 2.35. The molecule has 4 nitrogen and oxygen atoms in total. The van der Waals surface area contributed by atoms with Gasteiger partial charge in [0.15, 0.2) is 9.84 Å². The number of benzene rings is 1. The van der Waals surface area contributed by atoms with Gasteiger partial charge in [0.25, 0.3) is 0 Å². The minimum absolute atomic E-state index is 0.138. The van der Waals surface area contributed by atoms with E-state index in [9.17, 15) is 48.7 Å². The van der Waals surface area contributed by atoms with Crippen LogP contribution >= 0.6 is 0 Å². The number of rotatable bonds is 2. The van der Waals surface area contributed by atoms with Crippen LogP contribution in [0.3, 0.4) is 0 Å². The van der Waals surface area contributed by atoms with Gasteiger partial charge in [-0.25, -0.2) is 12.8 Å². The van der Waals surface area contributed by atoms with E-state index in [0.29, 0.717) is 0 Å². The van der Waals surface area contributed by atoms with Gasteiger partial charge in [-0.1, -0.05) is 0 Å². The topological polar surface area (TPSA) is 68.3 Å². The molecule has 0 bridgehead atoms. The van der Waals surface area contributed by atoms with Crippen molar-refractivity contribution in [3.05, 3.63) is 30.1 Å². The molecule has 0 aliphatic carbocycles. The van der Waals surface area contributed by atoms with Crippen molar-refractivity contribution in [2.45, 2.75) is 17.2 Å². The van der Waals surface area contributed by atoms with Crippen molar-refractivity contribution in [3.8, 4) is 0 Å². The smallest absolute Gasteiger partial charge is 0.280 e. The molecule has 0 saturated heterocycles. The summed E-state index contributed by atoms with van der Waals surface area (Å²) in [6.07, 6.45) is -10.5. The molecule has 0 fully saturated rings. The summed E-state index contributed by atoms with van der Waals surface area (Å²) >= 11 is 0. The molecule has 0 saturated carbocycles. The Kier molecular flexibility index (Phi) is 6.46. The second-order valence-corrected chi connectivity index (χ2v) is 5.90. The molecule has 1 aromatic carbocycles. The van der Waals surface area contributed by atoms with Crippen LogP contribution in [0.25, 0.3) is 0 Å². The van der Waals surface area contributed by atoms with Crippen LogP contribution in [-0.4, -0.2) is 38.6 Å². The summed E-state index contributed by atoms with van der Waals surface area (Å²) in [7, 11) is -3.19. The van der Waals surface area contributed by atoms with Crippen LogP contribution in [0.4, 0.5) is 30.7 Å². The Morgan fingerprint density at radius 2 is 1.13 bits per heavy atom. The molecule has 0 aliphatic heterocycles. The van der Waals surface area contributed by atoms with E-state index in [-0.39, 0.29) is 4.90 Å². The Bertz CT molecular complexity index is 648. The van der Waals surface area contributed by atoms with E-state index < -0.39 is 39.6 Å². The van der Waals surface area contributed by atoms with Gasteiger partial charge in [0.05, 0.1) is 4.90 Å². The SMILES string of the molecule is CS(=O)(=O)c1ccc(F)cc1.O=C(C(=O)C(F)(F)F)C(F)(F)F. The zero-order valence-corrected chi connectivity index (χ0v) is 11.8. The monoisotopic (exact) mass is 368 g/mol. The zero-order chi connectivity index (χ0) is 18.6. The second kappa shape index (κ2) is 7.06. The molecule has 0 amide bonds. The molecule has 0 aliphatic rings. The van der Waals surface area contributed by atoms with E-state index in [0.717, 1.165) is 18.4 Å². The van der Waals surface area contributed by atoms with Gasteiger partial charge in [0.2, 0.25) is 0 Å². The Hall–Kier alpha value is -1.98. The van der Waals surface area contributed by atoms with Crippen LogP contribution in [0, 0.1) is 5.82 Å². The van der Waals surface area contributed by atoms with Crippen molar-refractivity contribution in [2.75, 3.05) is 6.26 Å². The van der Waals surface area contributed by atoms with Gasteiger partial charge in [-0.15, -0.1) is 0 Å². The maximum absolute atomic E-state index is 12.3. The van der Waals surface area contributed by atoms with Gasteiger partial charge >= 0.3 is 23.9 Å². The molecule has 1 aromatic rings. The molecule has 0 N–H and O–H groups in total. The van der Waals surface area contributed by atoms with Crippen LogP contribution in [-0.2, 0) is 19.4 Å². The van der Waals surface area contributed by atoms with Crippen molar-refractivity contribution >= 4 is 21.4 Å². The van der Waals surface area contributed by atoms with Gasteiger partial charge < -0.3 is 0 Å². The number of sulfone groups is 1. The van der Waals surface area contributed by atoms with Crippen LogP contribution in [0.2, 0.25) is 0 Å². The molecular weight excluding hydrogens is 361 g/mol. The quantitative estimate of drug-likeness (QED) is 0.457. The normalized spacial score (nSPS) is 12.2. The van der Waals surface area contributed by atoms with Crippen LogP contribution in [0.15, 0.2) is 29.2 Å². The number of hydrogen-bond acceptors (Lipinski definition) is 4. The summed E-state index contributed by atoms with van der Waals surface area (Å²) in [5.74, 6) is -7.25. The molecule has 0 radical (unpaired) electrons. The molecular formula is C11H7F7O4S. The number of alkyl halides is 6. The first-order valence-electron chi connectivity index (χ1n) is 5.25. The van der Waals surface area contributed by atoms with Crippen LogP contribution in [0.5, 0.6) is 0 Å². The Morgan fingerprint density at radius 1 is 0.826 bits per heavy atom. The number of halogens is 7.